The molecule has 0 saturated carbocycles. The molecule has 1 heterocycles. The number of hydrogen-bond acceptors (Lipinski definition) is 5. The van der Waals surface area contributed by atoms with Crippen LogP contribution in [0.15, 0.2) is 18.2 Å². The average Bonchev–Trinajstić information content (AvgIpc) is 2.46. The number of para-hydroxylation sites is 1. The molecule has 1 N–H and O–H groups in total. The summed E-state index contributed by atoms with van der Waals surface area (Å²) in [6, 6.07) is 5.77. The van der Waals surface area contributed by atoms with Gasteiger partial charge in [0.1, 0.15) is 5.69 Å². The number of hydrogen-bond donors (Lipinski definition) is 1. The van der Waals surface area contributed by atoms with Crippen molar-refractivity contribution in [1.82, 2.24) is 9.80 Å². The summed E-state index contributed by atoms with van der Waals surface area (Å²) in [6.45, 7) is 2.93. The minimum absolute atomic E-state index is 0.143. The van der Waals surface area contributed by atoms with Gasteiger partial charge in [0.2, 0.25) is 0 Å². The van der Waals surface area contributed by atoms with E-state index in [1.165, 1.54) is 12.8 Å². The van der Waals surface area contributed by atoms with Crippen LogP contribution in [0.2, 0.25) is 0 Å². The van der Waals surface area contributed by atoms with E-state index in [1.54, 1.807) is 19.2 Å². The first kappa shape index (κ1) is 15.7. The van der Waals surface area contributed by atoms with Crippen LogP contribution in [0, 0.1) is 10.1 Å². The summed E-state index contributed by atoms with van der Waals surface area (Å²) in [7, 11) is 5.98. The third kappa shape index (κ3) is 3.71. The first-order valence-electron chi connectivity index (χ1n) is 7.35. The molecule has 6 heteroatoms. The molecule has 116 valence electrons. The maximum atomic E-state index is 11.1. The molecule has 1 fully saturated rings. The smallest absolute Gasteiger partial charge is 0.292 e. The summed E-state index contributed by atoms with van der Waals surface area (Å²) >= 11 is 0. The maximum absolute atomic E-state index is 11.1. The number of likely N-dealkylation sites (tertiary alicyclic amines) is 1. The van der Waals surface area contributed by atoms with Gasteiger partial charge in [-0.25, -0.2) is 0 Å². The summed E-state index contributed by atoms with van der Waals surface area (Å²) in [5.41, 5.74) is 1.74. The van der Waals surface area contributed by atoms with Crippen molar-refractivity contribution in [3.63, 3.8) is 0 Å². The minimum Gasteiger partial charge on any atom is -0.382 e. The zero-order valence-electron chi connectivity index (χ0n) is 13.0. The molecule has 0 aromatic heterocycles. The van der Waals surface area contributed by atoms with Gasteiger partial charge >= 0.3 is 0 Å². The van der Waals surface area contributed by atoms with Crippen LogP contribution in [0.3, 0.4) is 0 Å². The summed E-state index contributed by atoms with van der Waals surface area (Å²) in [6.07, 6.45) is 2.39. The largest absolute Gasteiger partial charge is 0.382 e. The molecular formula is C15H24N4O2. The van der Waals surface area contributed by atoms with Gasteiger partial charge in [0.15, 0.2) is 0 Å². The summed E-state index contributed by atoms with van der Waals surface area (Å²) in [4.78, 5) is 15.4. The van der Waals surface area contributed by atoms with E-state index in [0.717, 1.165) is 25.2 Å². The van der Waals surface area contributed by atoms with Crippen molar-refractivity contribution in [2.24, 2.45) is 0 Å². The topological polar surface area (TPSA) is 61.6 Å². The molecule has 1 aromatic carbocycles. The molecule has 6 nitrogen and oxygen atoms in total. The van der Waals surface area contributed by atoms with Crippen LogP contribution in [0.1, 0.15) is 18.4 Å². The molecule has 0 aliphatic carbocycles. The third-order valence-corrected chi connectivity index (χ3v) is 4.22. The van der Waals surface area contributed by atoms with Crippen molar-refractivity contribution in [2.45, 2.75) is 25.4 Å². The SMILES string of the molecule is CNc1c(CN(C)C2CCCN(C)C2)cccc1[N+](=O)[O-]. The lowest BCUT2D eigenvalue weighted by molar-refractivity contribution is -0.384. The van der Waals surface area contributed by atoms with Crippen molar-refractivity contribution in [1.29, 1.82) is 0 Å². The molecule has 0 bridgehead atoms. The molecule has 1 atom stereocenters. The van der Waals surface area contributed by atoms with Crippen LogP contribution in [0.5, 0.6) is 0 Å². The highest BCUT2D eigenvalue weighted by molar-refractivity contribution is 5.66. The Labute approximate surface area is 125 Å². The number of benzene rings is 1. The number of nitrogens with one attached hydrogen (secondary N) is 1. The maximum Gasteiger partial charge on any atom is 0.292 e. The quantitative estimate of drug-likeness (QED) is 0.665. The Morgan fingerprint density at radius 1 is 1.52 bits per heavy atom. The van der Waals surface area contributed by atoms with Gasteiger partial charge in [0.05, 0.1) is 4.92 Å². The Bertz CT molecular complexity index is 506. The van der Waals surface area contributed by atoms with Crippen molar-refractivity contribution in [2.75, 3.05) is 39.5 Å². The zero-order valence-corrected chi connectivity index (χ0v) is 13.0. The Kier molecular flexibility index (Phi) is 5.14. The van der Waals surface area contributed by atoms with Gasteiger partial charge in [-0.15, -0.1) is 0 Å². The van der Waals surface area contributed by atoms with E-state index in [-0.39, 0.29) is 10.6 Å². The predicted molar refractivity (Wildman–Crippen MR) is 84.6 cm³/mol. The Morgan fingerprint density at radius 3 is 2.90 bits per heavy atom. The number of nitrogens with zero attached hydrogens (tertiary/aromatic N) is 3. The van der Waals surface area contributed by atoms with E-state index >= 15 is 0 Å². The molecule has 21 heavy (non-hydrogen) atoms. The Balaban J connectivity index is 2.15. The van der Waals surface area contributed by atoms with Crippen molar-refractivity contribution < 1.29 is 4.92 Å². The van der Waals surface area contributed by atoms with Gasteiger partial charge in [-0.1, -0.05) is 12.1 Å². The summed E-state index contributed by atoms with van der Waals surface area (Å²) in [5.74, 6) is 0. The van der Waals surface area contributed by atoms with E-state index in [0.29, 0.717) is 11.7 Å². The highest BCUT2D eigenvalue weighted by Gasteiger charge is 2.23. The van der Waals surface area contributed by atoms with Gasteiger partial charge in [0.25, 0.3) is 5.69 Å². The standard InChI is InChI=1S/C15H24N4O2/c1-16-15-12(6-4-8-14(15)19(20)21)10-18(3)13-7-5-9-17(2)11-13/h4,6,8,13,16H,5,7,9-11H2,1-3H3. The number of anilines is 1. The highest BCUT2D eigenvalue weighted by Crippen LogP contribution is 2.29. The van der Waals surface area contributed by atoms with Crippen LogP contribution in [0.25, 0.3) is 0 Å². The van der Waals surface area contributed by atoms with Crippen molar-refractivity contribution in [3.05, 3.63) is 33.9 Å². The minimum atomic E-state index is -0.330. The number of rotatable bonds is 5. The van der Waals surface area contributed by atoms with E-state index in [1.807, 2.05) is 6.07 Å². The van der Waals surface area contributed by atoms with E-state index in [4.69, 9.17) is 0 Å². The molecule has 1 unspecified atom stereocenters. The molecule has 1 aliphatic heterocycles. The molecule has 1 saturated heterocycles. The van der Waals surface area contributed by atoms with Crippen LogP contribution in [0.4, 0.5) is 11.4 Å². The van der Waals surface area contributed by atoms with E-state index in [2.05, 4.69) is 29.2 Å². The molecular weight excluding hydrogens is 268 g/mol. The van der Waals surface area contributed by atoms with Crippen LogP contribution in [-0.4, -0.2) is 55.0 Å². The molecule has 1 aliphatic rings. The van der Waals surface area contributed by atoms with Gasteiger partial charge in [0, 0.05) is 32.2 Å². The lowest BCUT2D eigenvalue weighted by Gasteiger charge is -2.36. The summed E-state index contributed by atoms with van der Waals surface area (Å²) in [5, 5.41) is 14.1. The van der Waals surface area contributed by atoms with Gasteiger partial charge in [-0.3, -0.25) is 15.0 Å². The number of nitro groups is 1. The van der Waals surface area contributed by atoms with E-state index < -0.39 is 0 Å². The fourth-order valence-electron chi connectivity index (χ4n) is 3.06. The molecule has 2 rings (SSSR count). The first-order chi connectivity index (χ1) is 10.0. The fraction of sp³-hybridized carbons (Fsp3) is 0.600. The fourth-order valence-corrected chi connectivity index (χ4v) is 3.06. The highest BCUT2D eigenvalue weighted by atomic mass is 16.6. The predicted octanol–water partition coefficient (Wildman–Crippen LogP) is 2.16. The van der Waals surface area contributed by atoms with Gasteiger partial charge < -0.3 is 10.2 Å². The second kappa shape index (κ2) is 6.87. The normalized spacial score (nSPS) is 19.7. The monoisotopic (exact) mass is 292 g/mol. The molecule has 1 aromatic rings. The van der Waals surface area contributed by atoms with Gasteiger partial charge in [-0.05, 0) is 39.0 Å². The second-order valence-corrected chi connectivity index (χ2v) is 5.79. The molecule has 0 spiro atoms. The Hall–Kier alpha value is -1.66. The lowest BCUT2D eigenvalue weighted by atomic mass is 10.0. The molecule has 0 radical (unpaired) electrons. The number of piperidine rings is 1. The van der Waals surface area contributed by atoms with Crippen molar-refractivity contribution >= 4 is 11.4 Å². The van der Waals surface area contributed by atoms with Crippen LogP contribution >= 0.6 is 0 Å². The Morgan fingerprint density at radius 2 is 2.29 bits per heavy atom. The number of likely N-dealkylation sites (N-methyl/N-ethyl adjacent to an activating group) is 2. The summed E-state index contributed by atoms with van der Waals surface area (Å²) < 4.78 is 0. The zero-order chi connectivity index (χ0) is 15.4. The van der Waals surface area contributed by atoms with Gasteiger partial charge in [-0.2, -0.15) is 0 Å². The molecule has 0 amide bonds. The lowest BCUT2D eigenvalue weighted by Crippen LogP contribution is -2.44. The second-order valence-electron chi connectivity index (χ2n) is 5.79. The average molecular weight is 292 g/mol. The van der Waals surface area contributed by atoms with Crippen LogP contribution in [-0.2, 0) is 6.54 Å². The number of nitro benzene ring substituents is 1. The van der Waals surface area contributed by atoms with E-state index in [9.17, 15) is 10.1 Å². The van der Waals surface area contributed by atoms with Crippen molar-refractivity contribution in [3.8, 4) is 0 Å². The third-order valence-electron chi connectivity index (χ3n) is 4.22. The van der Waals surface area contributed by atoms with Crippen LogP contribution < -0.4 is 5.32 Å². The first-order valence-corrected chi connectivity index (χ1v) is 7.35.